The Morgan fingerprint density at radius 3 is 2.45 bits per heavy atom. The molecule has 2 aromatic carbocycles. The summed E-state index contributed by atoms with van der Waals surface area (Å²) < 4.78 is 40.0. The van der Waals surface area contributed by atoms with Crippen molar-refractivity contribution < 1.29 is 28.2 Å². The monoisotopic (exact) mass is 591 g/mol. The van der Waals surface area contributed by atoms with Gasteiger partial charge in [-0.3, -0.25) is 19.7 Å². The molecule has 6 aromatic rings. The van der Waals surface area contributed by atoms with Crippen molar-refractivity contribution in [2.75, 3.05) is 12.4 Å². The van der Waals surface area contributed by atoms with E-state index in [9.17, 15) is 14.3 Å². The average molecular weight is 592 g/mol. The highest BCUT2D eigenvalue weighted by molar-refractivity contribution is 6.07. The summed E-state index contributed by atoms with van der Waals surface area (Å²) >= 11 is 0. The van der Waals surface area contributed by atoms with E-state index >= 15 is 4.39 Å². The van der Waals surface area contributed by atoms with E-state index in [1.165, 1.54) is 55.9 Å². The first-order valence-electron chi connectivity index (χ1n) is 13.3. The summed E-state index contributed by atoms with van der Waals surface area (Å²) in [4.78, 5) is 30.4. The van der Waals surface area contributed by atoms with Crippen LogP contribution < -0.4 is 14.8 Å². The lowest BCUT2D eigenvalue weighted by atomic mass is 10.0. The number of carbonyl (C=O) groups excluding carboxylic acids is 1. The number of nitrogens with zero attached hydrogens (tertiary/aromatic N) is 4. The highest BCUT2D eigenvalue weighted by atomic mass is 19.1. The molecule has 0 aliphatic carbocycles. The molecule has 4 aromatic heterocycles. The lowest BCUT2D eigenvalue weighted by Gasteiger charge is -2.14. The second-order valence-electron chi connectivity index (χ2n) is 9.65. The lowest BCUT2D eigenvalue weighted by molar-refractivity contribution is 0.102. The second-order valence-corrected chi connectivity index (χ2v) is 9.65. The Morgan fingerprint density at radius 2 is 1.73 bits per heavy atom. The van der Waals surface area contributed by atoms with Crippen molar-refractivity contribution in [3.05, 3.63) is 114 Å². The van der Waals surface area contributed by atoms with Gasteiger partial charge >= 0.3 is 0 Å². The molecular formula is C33H23F2N5O4. The first kappa shape index (κ1) is 28.2. The molecule has 0 aliphatic heterocycles. The summed E-state index contributed by atoms with van der Waals surface area (Å²) in [5.41, 5.74) is 3.53. The van der Waals surface area contributed by atoms with E-state index in [1.54, 1.807) is 37.5 Å². The van der Waals surface area contributed by atoms with Crippen molar-refractivity contribution >= 4 is 22.6 Å². The van der Waals surface area contributed by atoms with Gasteiger partial charge in [-0.2, -0.15) is 0 Å². The van der Waals surface area contributed by atoms with Crippen LogP contribution in [0.25, 0.3) is 33.3 Å². The first-order valence-corrected chi connectivity index (χ1v) is 13.3. The summed E-state index contributed by atoms with van der Waals surface area (Å²) in [5, 5.41) is 13.5. The van der Waals surface area contributed by atoms with Crippen LogP contribution >= 0.6 is 0 Å². The van der Waals surface area contributed by atoms with Gasteiger partial charge in [-0.05, 0) is 48.9 Å². The van der Waals surface area contributed by atoms with Gasteiger partial charge in [-0.15, -0.1) is 0 Å². The number of pyridine rings is 4. The SMILES string of the molecule is COc1nc2c(Oc3ccc(NC(=O)c4cnc(C)c(-c5ccc(F)cc5)c4O)cc3F)ccnc2cc1-c1cccnc1. The van der Waals surface area contributed by atoms with Crippen molar-refractivity contribution in [1.82, 2.24) is 19.9 Å². The van der Waals surface area contributed by atoms with Crippen LogP contribution in [0.1, 0.15) is 16.1 Å². The van der Waals surface area contributed by atoms with Gasteiger partial charge in [-0.25, -0.2) is 13.8 Å². The fraction of sp³-hybridized carbons (Fsp3) is 0.0606. The molecule has 0 saturated carbocycles. The summed E-state index contributed by atoms with van der Waals surface area (Å²) in [5.74, 6) is -1.81. The number of halogens is 2. The normalized spacial score (nSPS) is 10.9. The smallest absolute Gasteiger partial charge is 0.261 e. The third-order valence-electron chi connectivity index (χ3n) is 6.83. The Labute approximate surface area is 249 Å². The summed E-state index contributed by atoms with van der Waals surface area (Å²) in [7, 11) is 1.49. The van der Waals surface area contributed by atoms with Crippen LogP contribution in [0.15, 0.2) is 91.5 Å². The maximum absolute atomic E-state index is 15.2. The summed E-state index contributed by atoms with van der Waals surface area (Å²) in [6.45, 7) is 1.66. The molecule has 44 heavy (non-hydrogen) atoms. The minimum atomic E-state index is -0.759. The van der Waals surface area contributed by atoms with Crippen LogP contribution in [0.3, 0.4) is 0 Å². The highest BCUT2D eigenvalue weighted by Gasteiger charge is 2.20. The predicted molar refractivity (Wildman–Crippen MR) is 160 cm³/mol. The first-order chi connectivity index (χ1) is 21.3. The zero-order valence-corrected chi connectivity index (χ0v) is 23.4. The van der Waals surface area contributed by atoms with Gasteiger partial charge in [0.15, 0.2) is 17.3 Å². The van der Waals surface area contributed by atoms with Crippen molar-refractivity contribution in [3.8, 4) is 45.4 Å². The number of fused-ring (bicyclic) bond motifs is 1. The molecule has 0 fully saturated rings. The van der Waals surface area contributed by atoms with Crippen molar-refractivity contribution in [2.45, 2.75) is 6.92 Å². The number of rotatable bonds is 7. The standard InChI is InChI=1S/C33H23F2N5O4/c1-18-29(19-5-7-21(34)8-6-19)31(41)24(17-38-18)32(42)39-22-9-10-27(25(35)14-22)44-28-11-13-37-26-15-23(20-4-3-12-36-16-20)33(43-2)40-30(26)28/h3-17H,1-2H3,(H,38,41)(H,39,42). The van der Waals surface area contributed by atoms with E-state index in [0.29, 0.717) is 33.7 Å². The molecule has 4 heterocycles. The van der Waals surface area contributed by atoms with Gasteiger partial charge in [0.2, 0.25) is 5.88 Å². The Hall–Kier alpha value is -5.97. The van der Waals surface area contributed by atoms with Crippen LogP contribution in [0.2, 0.25) is 0 Å². The topological polar surface area (TPSA) is 119 Å². The Bertz CT molecular complexity index is 2020. The van der Waals surface area contributed by atoms with Crippen LogP contribution in [0, 0.1) is 18.6 Å². The zero-order valence-electron chi connectivity index (χ0n) is 23.4. The van der Waals surface area contributed by atoms with E-state index < -0.39 is 17.5 Å². The lowest BCUT2D eigenvalue weighted by Crippen LogP contribution is -2.13. The average Bonchev–Trinajstić information content (AvgIpc) is 3.03. The van der Waals surface area contributed by atoms with Crippen LogP contribution in [-0.4, -0.2) is 38.1 Å². The van der Waals surface area contributed by atoms with Gasteiger partial charge < -0.3 is 19.9 Å². The number of aromatic nitrogens is 4. The second kappa shape index (κ2) is 11.7. The fourth-order valence-corrected chi connectivity index (χ4v) is 4.70. The Kier molecular flexibility index (Phi) is 7.51. The van der Waals surface area contributed by atoms with E-state index in [-0.39, 0.29) is 34.1 Å². The number of aryl methyl sites for hydroxylation is 1. The van der Waals surface area contributed by atoms with Crippen LogP contribution in [-0.2, 0) is 0 Å². The molecule has 2 N–H and O–H groups in total. The molecule has 0 aliphatic rings. The third kappa shape index (κ3) is 5.45. The van der Waals surface area contributed by atoms with Crippen LogP contribution in [0.5, 0.6) is 23.1 Å². The van der Waals surface area contributed by atoms with Crippen molar-refractivity contribution in [3.63, 3.8) is 0 Å². The van der Waals surface area contributed by atoms with Gasteiger partial charge in [0, 0.05) is 65.0 Å². The number of nitrogens with one attached hydrogen (secondary N) is 1. The molecule has 0 bridgehead atoms. The maximum Gasteiger partial charge on any atom is 0.261 e. The van der Waals surface area contributed by atoms with Gasteiger partial charge in [0.1, 0.15) is 22.6 Å². The number of anilines is 1. The number of ether oxygens (including phenoxy) is 2. The molecule has 0 unspecified atom stereocenters. The molecule has 218 valence electrons. The minimum Gasteiger partial charge on any atom is -0.506 e. The molecule has 0 spiro atoms. The molecule has 0 radical (unpaired) electrons. The van der Waals surface area contributed by atoms with E-state index in [4.69, 9.17) is 9.47 Å². The van der Waals surface area contributed by atoms with Gasteiger partial charge in [-0.1, -0.05) is 18.2 Å². The molecule has 9 nitrogen and oxygen atoms in total. The third-order valence-corrected chi connectivity index (χ3v) is 6.83. The number of methoxy groups -OCH3 is 1. The number of hydrogen-bond donors (Lipinski definition) is 2. The van der Waals surface area contributed by atoms with E-state index in [0.717, 1.165) is 11.6 Å². The van der Waals surface area contributed by atoms with E-state index in [2.05, 4.69) is 25.3 Å². The largest absolute Gasteiger partial charge is 0.506 e. The van der Waals surface area contributed by atoms with Gasteiger partial charge in [0.05, 0.1) is 12.6 Å². The molecule has 11 heteroatoms. The zero-order chi connectivity index (χ0) is 30.8. The number of carbonyl (C=O) groups is 1. The molecule has 6 rings (SSSR count). The fourth-order valence-electron chi connectivity index (χ4n) is 4.70. The molecule has 0 saturated heterocycles. The Morgan fingerprint density at radius 1 is 0.909 bits per heavy atom. The molecule has 1 amide bonds. The minimum absolute atomic E-state index is 0.114. The molecule has 0 atom stereocenters. The van der Waals surface area contributed by atoms with Crippen LogP contribution in [0.4, 0.5) is 14.5 Å². The van der Waals surface area contributed by atoms with E-state index in [1.807, 2.05) is 6.07 Å². The number of hydrogen-bond acceptors (Lipinski definition) is 8. The van der Waals surface area contributed by atoms with Crippen molar-refractivity contribution in [1.29, 1.82) is 0 Å². The Balaban J connectivity index is 1.25. The predicted octanol–water partition coefficient (Wildman–Crippen LogP) is 7.10. The van der Waals surface area contributed by atoms with Gasteiger partial charge in [0.25, 0.3) is 5.91 Å². The number of benzene rings is 2. The quantitative estimate of drug-likeness (QED) is 0.202. The summed E-state index contributed by atoms with van der Waals surface area (Å²) in [6.07, 6.45) is 6.09. The van der Waals surface area contributed by atoms with Crippen molar-refractivity contribution in [2.24, 2.45) is 0 Å². The summed E-state index contributed by atoms with van der Waals surface area (Å²) in [6, 6.07) is 16.4. The number of amides is 1. The maximum atomic E-state index is 15.2. The highest BCUT2D eigenvalue weighted by Crippen LogP contribution is 2.37. The molecular weight excluding hydrogens is 568 g/mol. The number of aromatic hydroxyl groups is 1.